The Bertz CT molecular complexity index is 1590. The second-order valence-corrected chi connectivity index (χ2v) is 9.40. The van der Waals surface area contributed by atoms with Crippen LogP contribution in [0.2, 0.25) is 0 Å². The standard InChI is InChI=1S/C18H21N3O6.C15H10N2O2.2CH4/c1-12(2)11-27-26-4-3-25-18(24)21-8-13-5-14(16(19)9-22)7-15(6-13)17(20)10-23;18-10-16-14-5-1-12(2-6-14)9-13-3-7-15(8-4-13)17-11-19;;/h5-7H,1,3-4,8,11,19-20H2,2H3,(H,21,24);1-8H,9H2;2*1H4. The second-order valence-electron chi connectivity index (χ2n) is 9.40. The maximum absolute atomic E-state index is 11.7. The van der Waals surface area contributed by atoms with Crippen LogP contribution in [-0.4, -0.2) is 50.0 Å². The molecule has 0 fully saturated rings. The second kappa shape index (κ2) is 23.2. The Morgan fingerprint density at radius 3 is 1.65 bits per heavy atom. The molecule has 1 amide bonds. The van der Waals surface area contributed by atoms with E-state index in [1.54, 1.807) is 55.2 Å². The highest BCUT2D eigenvalue weighted by molar-refractivity contribution is 5.90. The van der Waals surface area contributed by atoms with Crippen molar-refractivity contribution in [2.24, 2.45) is 21.5 Å². The van der Waals surface area contributed by atoms with Crippen LogP contribution < -0.4 is 16.8 Å². The van der Waals surface area contributed by atoms with Crippen LogP contribution in [0.4, 0.5) is 16.2 Å². The number of nitrogens with one attached hydrogen (secondary N) is 1. The first kappa shape index (κ1) is 41.9. The molecule has 0 radical (unpaired) electrons. The number of ether oxygens (including phenoxy) is 1. The molecule has 3 aromatic rings. The lowest BCUT2D eigenvalue weighted by Gasteiger charge is -2.10. The van der Waals surface area contributed by atoms with Gasteiger partial charge in [-0.1, -0.05) is 51.3 Å². The molecule has 0 bridgehead atoms. The molecule has 5 N–H and O–H groups in total. The Balaban J connectivity index is 0.000000928. The van der Waals surface area contributed by atoms with Crippen LogP contribution in [0.3, 0.4) is 0 Å². The predicted octanol–water partition coefficient (Wildman–Crippen LogP) is 5.18. The average molecular weight is 658 g/mol. The molecule has 48 heavy (non-hydrogen) atoms. The van der Waals surface area contributed by atoms with Crippen molar-refractivity contribution < 1.29 is 38.5 Å². The largest absolute Gasteiger partial charge is 0.447 e. The molecule has 13 heteroatoms. The Morgan fingerprint density at radius 2 is 1.23 bits per heavy atom. The van der Waals surface area contributed by atoms with Crippen molar-refractivity contribution in [3.8, 4) is 0 Å². The van der Waals surface area contributed by atoms with Crippen molar-refractivity contribution in [3.63, 3.8) is 0 Å². The smallest absolute Gasteiger partial charge is 0.407 e. The van der Waals surface area contributed by atoms with Gasteiger partial charge in [-0.2, -0.15) is 9.98 Å². The first-order valence-corrected chi connectivity index (χ1v) is 13.5. The maximum Gasteiger partial charge on any atom is 0.407 e. The van der Waals surface area contributed by atoms with Gasteiger partial charge < -0.3 is 21.5 Å². The van der Waals surface area contributed by atoms with Gasteiger partial charge in [0.1, 0.15) is 31.2 Å². The van der Waals surface area contributed by atoms with Crippen molar-refractivity contribution in [3.05, 3.63) is 107 Å². The molecule has 0 spiro atoms. The zero-order valence-corrected chi connectivity index (χ0v) is 24.9. The molecule has 0 saturated carbocycles. The minimum absolute atomic E-state index is 0. The van der Waals surface area contributed by atoms with Gasteiger partial charge in [-0.15, -0.1) is 0 Å². The van der Waals surface area contributed by atoms with Crippen molar-refractivity contribution in [1.82, 2.24) is 5.32 Å². The lowest BCUT2D eigenvalue weighted by Crippen LogP contribution is -2.25. The van der Waals surface area contributed by atoms with E-state index in [1.165, 1.54) is 18.2 Å². The summed E-state index contributed by atoms with van der Waals surface area (Å²) in [4.78, 5) is 70.0. The third-order valence-electron chi connectivity index (χ3n) is 5.69. The summed E-state index contributed by atoms with van der Waals surface area (Å²) >= 11 is 0. The van der Waals surface area contributed by atoms with Crippen molar-refractivity contribution in [1.29, 1.82) is 0 Å². The van der Waals surface area contributed by atoms with Crippen LogP contribution in [0, 0.1) is 0 Å². The van der Waals surface area contributed by atoms with Gasteiger partial charge in [-0.05, 0) is 72.5 Å². The molecule has 0 unspecified atom stereocenters. The van der Waals surface area contributed by atoms with Gasteiger partial charge in [0.05, 0.1) is 11.4 Å². The number of nitrogens with two attached hydrogens (primary N) is 2. The van der Waals surface area contributed by atoms with Gasteiger partial charge in [0.25, 0.3) is 0 Å². The summed E-state index contributed by atoms with van der Waals surface area (Å²) in [5.41, 5.74) is 16.2. The van der Waals surface area contributed by atoms with Gasteiger partial charge in [0, 0.05) is 17.7 Å². The minimum atomic E-state index is -0.691. The Hall–Kier alpha value is -6.15. The van der Waals surface area contributed by atoms with Gasteiger partial charge in [0.15, 0.2) is 11.9 Å². The number of nitrogens with zero attached hydrogens (tertiary/aromatic N) is 2. The van der Waals surface area contributed by atoms with Crippen LogP contribution >= 0.6 is 0 Å². The maximum atomic E-state index is 11.7. The number of hydrogen-bond acceptors (Lipinski definition) is 12. The highest BCUT2D eigenvalue weighted by atomic mass is 17.2. The summed E-state index contributed by atoms with van der Waals surface area (Å²) in [5, 5.41) is 2.51. The molecule has 0 atom stereocenters. The van der Waals surface area contributed by atoms with Crippen molar-refractivity contribution >= 4 is 52.9 Å². The van der Waals surface area contributed by atoms with E-state index in [0.717, 1.165) is 23.1 Å². The van der Waals surface area contributed by atoms with Crippen LogP contribution in [-0.2, 0) is 46.7 Å². The molecule has 0 aliphatic carbocycles. The van der Waals surface area contributed by atoms with E-state index in [0.29, 0.717) is 28.1 Å². The van der Waals surface area contributed by atoms with E-state index in [1.807, 2.05) is 24.3 Å². The summed E-state index contributed by atoms with van der Waals surface area (Å²) in [6.07, 6.45) is 3.08. The summed E-state index contributed by atoms with van der Waals surface area (Å²) in [7, 11) is 0. The molecule has 0 heterocycles. The van der Waals surface area contributed by atoms with E-state index in [9.17, 15) is 24.0 Å². The quantitative estimate of drug-likeness (QED) is 0.0394. The number of carbonyl (C=O) groups is 1. The Kier molecular flexibility index (Phi) is 20.2. The zero-order chi connectivity index (χ0) is 33.7. The summed E-state index contributed by atoms with van der Waals surface area (Å²) < 4.78 is 4.91. The van der Waals surface area contributed by atoms with Crippen LogP contribution in [0.1, 0.15) is 49.6 Å². The lowest BCUT2D eigenvalue weighted by molar-refractivity contribution is -0.290. The molecule has 0 aromatic heterocycles. The molecule has 13 nitrogen and oxygen atoms in total. The first-order valence-electron chi connectivity index (χ1n) is 13.5. The normalized spacial score (nSPS) is 9.10. The van der Waals surface area contributed by atoms with Gasteiger partial charge in [-0.25, -0.2) is 33.7 Å². The number of isocyanates is 2. The van der Waals surface area contributed by atoms with Crippen LogP contribution in [0.25, 0.3) is 11.4 Å². The fourth-order valence-electron chi connectivity index (χ4n) is 3.54. The number of amides is 1. The van der Waals surface area contributed by atoms with E-state index >= 15 is 0 Å². The highest BCUT2D eigenvalue weighted by Crippen LogP contribution is 2.19. The Morgan fingerprint density at radius 1 is 0.750 bits per heavy atom. The SMILES string of the molecule is C.C.C=C(C)COOCCOC(=O)NCc1cc(C(N)=C=O)cc(C(N)=C=O)c1.O=C=Nc1ccc(Cc2ccc(N=C=O)cc2)cc1. The third-order valence-corrected chi connectivity index (χ3v) is 5.69. The molecule has 0 saturated heterocycles. The fourth-order valence-corrected chi connectivity index (χ4v) is 3.54. The summed E-state index contributed by atoms with van der Waals surface area (Å²) in [5.74, 6) is 3.12. The highest BCUT2D eigenvalue weighted by Gasteiger charge is 2.09. The number of benzene rings is 3. The molecule has 0 aliphatic heterocycles. The van der Waals surface area contributed by atoms with Gasteiger partial charge in [0.2, 0.25) is 12.2 Å². The summed E-state index contributed by atoms with van der Waals surface area (Å²) in [6, 6.07) is 19.3. The monoisotopic (exact) mass is 657 g/mol. The first-order chi connectivity index (χ1) is 22.2. The number of alkyl carbamates (subject to hydrolysis) is 1. The Labute approximate surface area is 279 Å². The fraction of sp³-hybridized carbons (Fsp3) is 0.229. The topological polar surface area (TPSA) is 202 Å². The van der Waals surface area contributed by atoms with Crippen molar-refractivity contribution in [2.75, 3.05) is 19.8 Å². The van der Waals surface area contributed by atoms with Gasteiger partial charge >= 0.3 is 6.09 Å². The van der Waals surface area contributed by atoms with Crippen molar-refractivity contribution in [2.45, 2.75) is 34.7 Å². The minimum Gasteiger partial charge on any atom is -0.447 e. The van der Waals surface area contributed by atoms with Gasteiger partial charge in [-0.3, -0.25) is 0 Å². The van der Waals surface area contributed by atoms with E-state index in [-0.39, 0.29) is 52.6 Å². The van der Waals surface area contributed by atoms with E-state index in [4.69, 9.17) is 26.0 Å². The van der Waals surface area contributed by atoms with E-state index in [2.05, 4.69) is 21.9 Å². The van der Waals surface area contributed by atoms with Crippen LogP contribution in [0.5, 0.6) is 0 Å². The third kappa shape index (κ3) is 15.7. The molecular weight excluding hydrogens is 618 g/mol. The molecule has 252 valence electrons. The number of rotatable bonds is 14. The summed E-state index contributed by atoms with van der Waals surface area (Å²) in [6.45, 7) is 5.76. The number of aliphatic imine (C=N–C) groups is 2. The van der Waals surface area contributed by atoms with E-state index < -0.39 is 6.09 Å². The predicted molar refractivity (Wildman–Crippen MR) is 183 cm³/mol. The molecule has 3 rings (SSSR count). The zero-order valence-electron chi connectivity index (χ0n) is 24.9. The number of carbonyl (C=O) groups excluding carboxylic acids is 5. The lowest BCUT2D eigenvalue weighted by atomic mass is 10.0. The number of hydrogen-bond donors (Lipinski definition) is 3. The molecular formula is C35H39N5O8. The molecule has 0 aliphatic rings. The molecule has 3 aromatic carbocycles. The van der Waals surface area contributed by atoms with Crippen LogP contribution in [0.15, 0.2) is 88.9 Å². The average Bonchev–Trinajstić information content (AvgIpc) is 3.06.